The molecule has 1 atom stereocenters. The number of alkyl halides is 2. The van der Waals surface area contributed by atoms with Gasteiger partial charge in [-0.05, 0) is 6.26 Å². The minimum absolute atomic E-state index is 0.235. The van der Waals surface area contributed by atoms with Crippen molar-refractivity contribution in [1.29, 1.82) is 0 Å². The smallest absolute Gasteiger partial charge is 0.415 e. The summed E-state index contributed by atoms with van der Waals surface area (Å²) in [6, 6.07) is 0. The molecule has 0 saturated heterocycles. The van der Waals surface area contributed by atoms with Crippen molar-refractivity contribution in [2.45, 2.75) is 5.25 Å². The first-order valence-corrected chi connectivity index (χ1v) is 8.45. The summed E-state index contributed by atoms with van der Waals surface area (Å²) in [6.07, 6.45) is 0.769. The summed E-state index contributed by atoms with van der Waals surface area (Å²) in [5.41, 5.74) is 0. The molecule has 0 aromatic rings. The Labute approximate surface area is 98.1 Å². The molecule has 0 spiro atoms. The predicted molar refractivity (Wildman–Crippen MR) is 53.7 cm³/mol. The Balaban J connectivity index is 6.10. The van der Waals surface area contributed by atoms with E-state index in [0.29, 0.717) is 6.26 Å². The number of sulfone groups is 2. The van der Waals surface area contributed by atoms with Crippen LogP contribution in [0.15, 0.2) is 0 Å². The van der Waals surface area contributed by atoms with Gasteiger partial charge in [-0.3, -0.25) is 21.0 Å². The molecule has 0 amide bonds. The average Bonchev–Trinajstić information content (AvgIpc) is 1.97. The van der Waals surface area contributed by atoms with E-state index in [9.17, 15) is 34.6 Å². The van der Waals surface area contributed by atoms with Crippen LogP contribution in [0.25, 0.3) is 0 Å². The lowest BCUT2D eigenvalue weighted by Crippen LogP contribution is -2.43. The first kappa shape index (κ1) is 16.4. The Hall–Kier alpha value is -0.620. The van der Waals surface area contributed by atoms with Crippen LogP contribution in [0.1, 0.15) is 0 Å². The highest BCUT2D eigenvalue weighted by Crippen LogP contribution is 2.34. The van der Waals surface area contributed by atoms with Crippen LogP contribution in [0, 0.1) is 3.91 Å². The first-order chi connectivity index (χ1) is 7.26. The lowest BCUT2D eigenvalue weighted by atomic mass is 10.7. The maximum absolute atomic E-state index is 12.9. The zero-order valence-electron chi connectivity index (χ0n) is 8.38. The molecule has 12 heteroatoms. The van der Waals surface area contributed by atoms with E-state index in [1.165, 1.54) is 0 Å². The van der Waals surface area contributed by atoms with Gasteiger partial charge in [0, 0.05) is 20.0 Å². The van der Waals surface area contributed by atoms with Crippen LogP contribution in [-0.2, 0) is 35.3 Å². The van der Waals surface area contributed by atoms with Crippen LogP contribution in [0.5, 0.6) is 0 Å². The zero-order valence-corrected chi connectivity index (χ0v) is 10.8. The molecule has 0 aliphatic carbocycles. The molecule has 0 bridgehead atoms. The van der Waals surface area contributed by atoms with Crippen LogP contribution < -0.4 is 0 Å². The van der Waals surface area contributed by atoms with E-state index in [0.717, 1.165) is 0 Å². The third kappa shape index (κ3) is 2.98. The number of aliphatic carboxylic acids is 1. The normalized spacial score (nSPS) is 15.8. The number of hydrogen-bond donors (Lipinski definition) is 1. The number of carboxylic acids is 1. The average molecular weight is 313 g/mol. The Morgan fingerprint density at radius 3 is 1.82 bits per heavy atom. The largest absolute Gasteiger partial charge is 0.476 e. The zero-order chi connectivity index (χ0) is 14.2. The van der Waals surface area contributed by atoms with Crippen molar-refractivity contribution in [3.63, 3.8) is 0 Å². The topological polar surface area (TPSA) is 123 Å². The van der Waals surface area contributed by atoms with Crippen molar-refractivity contribution in [1.82, 2.24) is 0 Å². The maximum Gasteiger partial charge on any atom is 0.415 e. The first-order valence-electron chi connectivity index (χ1n) is 3.52. The second-order valence-electron chi connectivity index (χ2n) is 2.80. The van der Waals surface area contributed by atoms with Crippen LogP contribution in [0.3, 0.4) is 0 Å². The predicted octanol–water partition coefficient (Wildman–Crippen LogP) is -1.05. The summed E-state index contributed by atoms with van der Waals surface area (Å²) < 4.78 is 78.8. The van der Waals surface area contributed by atoms with Crippen molar-refractivity contribution < 1.29 is 39.7 Å². The van der Waals surface area contributed by atoms with Gasteiger partial charge in [-0.2, -0.15) is 8.78 Å². The highest BCUT2D eigenvalue weighted by Gasteiger charge is 2.53. The second kappa shape index (κ2) is 4.57. The second-order valence-corrected chi connectivity index (χ2v) is 8.77. The number of carboxylic acid groups (broad SMARTS) is 1. The molecule has 0 aromatic heterocycles. The van der Waals surface area contributed by atoms with E-state index in [2.05, 4.69) is 0 Å². The van der Waals surface area contributed by atoms with E-state index < -0.39 is 45.6 Å². The van der Waals surface area contributed by atoms with E-state index >= 15 is 0 Å². The lowest BCUT2D eigenvalue weighted by molar-refractivity contribution is -0.153. The Kier molecular flexibility index (Phi) is 4.40. The van der Waals surface area contributed by atoms with Crippen LogP contribution in [0.4, 0.5) is 8.78 Å². The van der Waals surface area contributed by atoms with Crippen molar-refractivity contribution in [3.8, 4) is 0 Å². The summed E-state index contributed by atoms with van der Waals surface area (Å²) in [7, 11) is -13.6. The van der Waals surface area contributed by atoms with E-state index in [-0.39, 0.29) is 6.26 Å². The van der Waals surface area contributed by atoms with Gasteiger partial charge in [-0.25, -0.2) is 4.79 Å². The molecule has 17 heavy (non-hydrogen) atoms. The summed E-state index contributed by atoms with van der Waals surface area (Å²) >= 11 is 0. The summed E-state index contributed by atoms with van der Waals surface area (Å²) in [6.45, 7) is 0. The summed E-state index contributed by atoms with van der Waals surface area (Å²) in [5, 5.41) is 2.67. The highest BCUT2D eigenvalue weighted by molar-refractivity contribution is 8.27. The highest BCUT2D eigenvalue weighted by atomic mass is 32.3. The van der Waals surface area contributed by atoms with E-state index in [1.54, 1.807) is 0 Å². The molecule has 0 saturated carbocycles. The molecule has 0 heterocycles. The number of halogens is 2. The standard InChI is InChI=1S/C5H7F2O7S3/c1-15(10)4(16(2,11)12)17(13,14)5(6,7)3(8)9/h1-2H3,(H,8,9)/q-1. The third-order valence-corrected chi connectivity index (χ3v) is 8.25. The summed E-state index contributed by atoms with van der Waals surface area (Å²) in [4.78, 5) is 10.1. The molecule has 1 N–H and O–H groups in total. The molecule has 0 fully saturated rings. The maximum atomic E-state index is 12.9. The van der Waals surface area contributed by atoms with Gasteiger partial charge in [0.15, 0.2) is 0 Å². The van der Waals surface area contributed by atoms with E-state index in [1.807, 2.05) is 0 Å². The minimum Gasteiger partial charge on any atom is -0.476 e. The molecule has 102 valence electrons. The molecule has 0 aliphatic heterocycles. The molecule has 0 rings (SSSR count). The van der Waals surface area contributed by atoms with Crippen LogP contribution in [-0.4, -0.2) is 49.9 Å². The fraction of sp³-hybridized carbons (Fsp3) is 0.600. The van der Waals surface area contributed by atoms with Crippen molar-refractivity contribution in [3.05, 3.63) is 3.91 Å². The van der Waals surface area contributed by atoms with Crippen molar-refractivity contribution in [2.75, 3.05) is 12.5 Å². The molecule has 0 radical (unpaired) electrons. The molecule has 0 aliphatic rings. The molecule has 0 aromatic carbocycles. The van der Waals surface area contributed by atoms with Gasteiger partial charge in [0.25, 0.3) is 0 Å². The van der Waals surface area contributed by atoms with Crippen molar-refractivity contribution in [2.24, 2.45) is 0 Å². The van der Waals surface area contributed by atoms with Crippen LogP contribution >= 0.6 is 0 Å². The van der Waals surface area contributed by atoms with E-state index in [4.69, 9.17) is 5.11 Å². The van der Waals surface area contributed by atoms with Gasteiger partial charge >= 0.3 is 11.2 Å². The Morgan fingerprint density at radius 2 is 1.65 bits per heavy atom. The molecular weight excluding hydrogens is 306 g/mol. The quantitative estimate of drug-likeness (QED) is 0.642. The van der Waals surface area contributed by atoms with Gasteiger partial charge in [0.1, 0.15) is 9.84 Å². The lowest BCUT2D eigenvalue weighted by Gasteiger charge is -2.28. The van der Waals surface area contributed by atoms with Crippen LogP contribution in [0.2, 0.25) is 0 Å². The molecule has 1 unspecified atom stereocenters. The fourth-order valence-corrected chi connectivity index (χ4v) is 6.39. The number of hydrogen-bond acceptors (Lipinski definition) is 6. The van der Waals surface area contributed by atoms with Gasteiger partial charge in [-0.1, -0.05) is 0 Å². The molecule has 7 nitrogen and oxygen atoms in total. The van der Waals surface area contributed by atoms with Gasteiger partial charge < -0.3 is 5.11 Å². The Bertz CT molecular complexity index is 546. The van der Waals surface area contributed by atoms with Gasteiger partial charge in [0.2, 0.25) is 0 Å². The molecular formula is C5H7F2O7S3-. The SMILES string of the molecule is CS(=O)[C-](S(C)(=O)=O)S(=O)(=O)C(F)(F)C(=O)O. The van der Waals surface area contributed by atoms with Gasteiger partial charge in [-0.15, -0.1) is 10.8 Å². The minimum atomic E-state index is -6.06. The third-order valence-electron chi connectivity index (χ3n) is 1.34. The fourth-order valence-electron chi connectivity index (χ4n) is 0.787. The summed E-state index contributed by atoms with van der Waals surface area (Å²) in [5.74, 6) is -3.05. The number of carbonyl (C=O) groups is 1. The van der Waals surface area contributed by atoms with Crippen molar-refractivity contribution >= 4 is 36.4 Å². The number of rotatable bonds is 5. The monoisotopic (exact) mass is 313 g/mol. The van der Waals surface area contributed by atoms with Gasteiger partial charge in [0.05, 0.1) is 0 Å². The Morgan fingerprint density at radius 1 is 1.29 bits per heavy atom.